The van der Waals surface area contributed by atoms with Gasteiger partial charge in [0.05, 0.1) is 5.84 Å². The van der Waals surface area contributed by atoms with Crippen LogP contribution in [0.25, 0.3) is 0 Å². The van der Waals surface area contributed by atoms with Crippen LogP contribution >= 0.6 is 12.4 Å². The van der Waals surface area contributed by atoms with E-state index < -0.39 is 0 Å². The Morgan fingerprint density at radius 1 is 1.20 bits per heavy atom. The molecule has 0 aliphatic heterocycles. The van der Waals surface area contributed by atoms with Gasteiger partial charge in [-0.2, -0.15) is 0 Å². The van der Waals surface area contributed by atoms with Crippen molar-refractivity contribution < 1.29 is 0 Å². The molecule has 1 aliphatic carbocycles. The van der Waals surface area contributed by atoms with Gasteiger partial charge in [0.15, 0.2) is 0 Å². The number of unbranched alkanes of at least 4 members (excludes halogenated alkanes) is 2. The van der Waals surface area contributed by atoms with E-state index in [0.717, 1.165) is 18.8 Å². The van der Waals surface area contributed by atoms with Gasteiger partial charge in [-0.3, -0.25) is 5.41 Å². The molecule has 1 rings (SSSR count). The monoisotopic (exact) mass is 232 g/mol. The van der Waals surface area contributed by atoms with Crippen molar-refractivity contribution in [3.63, 3.8) is 0 Å². The first-order chi connectivity index (χ1) is 6.74. The van der Waals surface area contributed by atoms with Gasteiger partial charge in [0.1, 0.15) is 0 Å². The Morgan fingerprint density at radius 3 is 2.27 bits per heavy atom. The Balaban J connectivity index is 0.00000196. The van der Waals surface area contributed by atoms with Gasteiger partial charge < -0.3 is 5.73 Å². The summed E-state index contributed by atoms with van der Waals surface area (Å²) in [5.41, 5.74) is 5.52. The first-order valence-corrected chi connectivity index (χ1v) is 6.08. The lowest BCUT2D eigenvalue weighted by atomic mass is 9.79. The van der Waals surface area contributed by atoms with Crippen molar-refractivity contribution >= 4 is 18.2 Å². The van der Waals surface area contributed by atoms with Gasteiger partial charge in [0.25, 0.3) is 0 Å². The Bertz CT molecular complexity index is 174. The van der Waals surface area contributed by atoms with Crippen LogP contribution in [0.2, 0.25) is 0 Å². The molecule has 0 atom stereocenters. The van der Waals surface area contributed by atoms with Crippen molar-refractivity contribution in [1.29, 1.82) is 5.41 Å². The van der Waals surface area contributed by atoms with E-state index in [0.29, 0.717) is 11.8 Å². The molecule has 3 heteroatoms. The first kappa shape index (κ1) is 14.8. The summed E-state index contributed by atoms with van der Waals surface area (Å²) in [5.74, 6) is 1.74. The summed E-state index contributed by atoms with van der Waals surface area (Å²) >= 11 is 0. The number of nitrogens with one attached hydrogen (secondary N) is 1. The topological polar surface area (TPSA) is 49.9 Å². The highest BCUT2D eigenvalue weighted by molar-refractivity contribution is 5.85. The van der Waals surface area contributed by atoms with Crippen LogP contribution in [-0.4, -0.2) is 5.84 Å². The van der Waals surface area contributed by atoms with Crippen molar-refractivity contribution in [2.45, 2.75) is 58.3 Å². The lowest BCUT2D eigenvalue weighted by molar-refractivity contribution is 0.298. The largest absolute Gasteiger partial charge is 0.387 e. The first-order valence-electron chi connectivity index (χ1n) is 6.08. The van der Waals surface area contributed by atoms with E-state index in [1.165, 1.54) is 38.5 Å². The second-order valence-corrected chi connectivity index (χ2v) is 4.67. The highest BCUT2D eigenvalue weighted by atomic mass is 35.5. The van der Waals surface area contributed by atoms with E-state index in [9.17, 15) is 0 Å². The van der Waals surface area contributed by atoms with Gasteiger partial charge >= 0.3 is 0 Å². The van der Waals surface area contributed by atoms with Crippen molar-refractivity contribution in [2.24, 2.45) is 17.6 Å². The number of amidine groups is 1. The SMILES string of the molecule is CCCCCC1CCC(C(=N)N)CC1.Cl. The minimum absolute atomic E-state index is 0. The molecule has 0 radical (unpaired) electrons. The average molecular weight is 233 g/mol. The van der Waals surface area contributed by atoms with Gasteiger partial charge in [0.2, 0.25) is 0 Å². The van der Waals surface area contributed by atoms with Crippen molar-refractivity contribution in [1.82, 2.24) is 0 Å². The summed E-state index contributed by atoms with van der Waals surface area (Å²) < 4.78 is 0. The molecule has 0 spiro atoms. The normalized spacial score (nSPS) is 25.7. The number of rotatable bonds is 5. The number of hydrogen-bond acceptors (Lipinski definition) is 1. The molecular weight excluding hydrogens is 208 g/mol. The van der Waals surface area contributed by atoms with Crippen LogP contribution in [0.15, 0.2) is 0 Å². The summed E-state index contributed by atoms with van der Waals surface area (Å²) in [6, 6.07) is 0. The van der Waals surface area contributed by atoms with Gasteiger partial charge in [-0.05, 0) is 31.6 Å². The fourth-order valence-corrected chi connectivity index (χ4v) is 2.45. The third-order valence-corrected chi connectivity index (χ3v) is 3.50. The molecule has 90 valence electrons. The molecule has 0 unspecified atom stereocenters. The predicted octanol–water partition coefficient (Wildman–Crippen LogP) is 3.73. The molecule has 0 aromatic carbocycles. The highest BCUT2D eigenvalue weighted by Crippen LogP contribution is 2.31. The second-order valence-electron chi connectivity index (χ2n) is 4.67. The number of nitrogens with two attached hydrogens (primary N) is 1. The van der Waals surface area contributed by atoms with Crippen molar-refractivity contribution in [2.75, 3.05) is 0 Å². The Morgan fingerprint density at radius 2 is 1.80 bits per heavy atom. The summed E-state index contributed by atoms with van der Waals surface area (Å²) in [7, 11) is 0. The maximum absolute atomic E-state index is 7.40. The number of hydrogen-bond donors (Lipinski definition) is 2. The highest BCUT2D eigenvalue weighted by Gasteiger charge is 2.22. The number of halogens is 1. The van der Waals surface area contributed by atoms with E-state index in [-0.39, 0.29) is 12.4 Å². The zero-order valence-electron chi connectivity index (χ0n) is 9.80. The van der Waals surface area contributed by atoms with Crippen LogP contribution < -0.4 is 5.73 Å². The lowest BCUT2D eigenvalue weighted by Gasteiger charge is -2.27. The van der Waals surface area contributed by atoms with Crippen molar-refractivity contribution in [3.8, 4) is 0 Å². The Labute approximate surface area is 99.9 Å². The molecule has 0 aromatic heterocycles. The summed E-state index contributed by atoms with van der Waals surface area (Å²) in [5, 5.41) is 7.40. The zero-order chi connectivity index (χ0) is 10.4. The Hall–Kier alpha value is -0.240. The van der Waals surface area contributed by atoms with Crippen molar-refractivity contribution in [3.05, 3.63) is 0 Å². The van der Waals surface area contributed by atoms with Crippen LogP contribution in [0.1, 0.15) is 58.3 Å². The van der Waals surface area contributed by atoms with Crippen LogP contribution in [0, 0.1) is 17.2 Å². The summed E-state index contributed by atoms with van der Waals surface area (Å²) in [6.07, 6.45) is 10.4. The Kier molecular flexibility index (Phi) is 7.85. The third kappa shape index (κ3) is 5.41. The fourth-order valence-electron chi connectivity index (χ4n) is 2.45. The minimum Gasteiger partial charge on any atom is -0.387 e. The van der Waals surface area contributed by atoms with Gasteiger partial charge in [-0.1, -0.05) is 32.6 Å². The molecule has 1 fully saturated rings. The lowest BCUT2D eigenvalue weighted by Crippen LogP contribution is -2.26. The molecule has 0 saturated heterocycles. The maximum atomic E-state index is 7.40. The molecule has 0 heterocycles. The molecule has 1 saturated carbocycles. The average Bonchev–Trinajstić information content (AvgIpc) is 2.19. The molecule has 0 aromatic rings. The van der Waals surface area contributed by atoms with E-state index >= 15 is 0 Å². The molecule has 3 N–H and O–H groups in total. The van der Waals surface area contributed by atoms with Gasteiger partial charge in [-0.15, -0.1) is 12.4 Å². The summed E-state index contributed by atoms with van der Waals surface area (Å²) in [4.78, 5) is 0. The molecule has 2 nitrogen and oxygen atoms in total. The molecular formula is C12H25ClN2. The maximum Gasteiger partial charge on any atom is 0.0936 e. The second kappa shape index (κ2) is 7.98. The molecule has 0 bridgehead atoms. The molecule has 15 heavy (non-hydrogen) atoms. The van der Waals surface area contributed by atoms with E-state index in [1.807, 2.05) is 0 Å². The van der Waals surface area contributed by atoms with Crippen LogP contribution in [-0.2, 0) is 0 Å². The molecule has 0 amide bonds. The van der Waals surface area contributed by atoms with E-state index in [2.05, 4.69) is 6.92 Å². The van der Waals surface area contributed by atoms with Gasteiger partial charge in [0, 0.05) is 5.92 Å². The van der Waals surface area contributed by atoms with Crippen LogP contribution in [0.3, 0.4) is 0 Å². The van der Waals surface area contributed by atoms with E-state index in [4.69, 9.17) is 11.1 Å². The van der Waals surface area contributed by atoms with E-state index in [1.54, 1.807) is 0 Å². The molecule has 1 aliphatic rings. The fraction of sp³-hybridized carbons (Fsp3) is 0.917. The minimum atomic E-state index is 0. The smallest absolute Gasteiger partial charge is 0.0936 e. The predicted molar refractivity (Wildman–Crippen MR) is 68.8 cm³/mol. The zero-order valence-corrected chi connectivity index (χ0v) is 10.6. The van der Waals surface area contributed by atoms with Gasteiger partial charge in [-0.25, -0.2) is 0 Å². The van der Waals surface area contributed by atoms with Crippen LogP contribution in [0.5, 0.6) is 0 Å². The summed E-state index contributed by atoms with van der Waals surface area (Å²) in [6.45, 7) is 2.26. The third-order valence-electron chi connectivity index (χ3n) is 3.50. The standard InChI is InChI=1S/C12H24N2.ClH/c1-2-3-4-5-10-6-8-11(9-7-10)12(13)14;/h10-11H,2-9H2,1H3,(H3,13,14);1H. The quantitative estimate of drug-likeness (QED) is 0.424. The van der Waals surface area contributed by atoms with Crippen LogP contribution in [0.4, 0.5) is 0 Å².